The van der Waals surface area contributed by atoms with Crippen molar-refractivity contribution in [1.29, 1.82) is 0 Å². The molecule has 1 heterocycles. The third-order valence-electron chi connectivity index (χ3n) is 2.85. The van der Waals surface area contributed by atoms with Gasteiger partial charge in [-0.3, -0.25) is 0 Å². The average Bonchev–Trinajstić information content (AvgIpc) is 2.43. The first-order chi connectivity index (χ1) is 10.4. The summed E-state index contributed by atoms with van der Waals surface area (Å²) in [6, 6.07) is 3.67. The first-order valence-electron chi connectivity index (χ1n) is 5.78. The molecule has 2 aromatic rings. The molecule has 22 heavy (non-hydrogen) atoms. The Morgan fingerprint density at radius 1 is 1.23 bits per heavy atom. The maximum atomic E-state index is 11.9. The second-order valence-electron chi connectivity index (χ2n) is 4.24. The summed E-state index contributed by atoms with van der Waals surface area (Å²) < 4.78 is 31.6. The third-order valence-corrected chi connectivity index (χ3v) is 4.14. The highest BCUT2D eigenvalue weighted by Gasteiger charge is 2.18. The zero-order valence-corrected chi connectivity index (χ0v) is 12.0. The molecule has 10 nitrogen and oxygen atoms in total. The van der Waals surface area contributed by atoms with Crippen molar-refractivity contribution in [3.63, 3.8) is 0 Å². The lowest BCUT2D eigenvalue weighted by atomic mass is 10.1. The van der Waals surface area contributed by atoms with Crippen molar-refractivity contribution in [3.8, 4) is 0 Å². The van der Waals surface area contributed by atoms with Crippen molar-refractivity contribution in [2.75, 3.05) is 0 Å². The zero-order chi connectivity index (χ0) is 16.3. The van der Waals surface area contributed by atoms with Crippen LogP contribution in [-0.4, -0.2) is 8.42 Å². The van der Waals surface area contributed by atoms with Gasteiger partial charge in [-0.25, -0.2) is 13.2 Å². The number of azide groups is 2. The topological polar surface area (TPSA) is 162 Å². The smallest absolute Gasteiger partial charge is 0.336 e. The fourth-order valence-corrected chi connectivity index (χ4v) is 2.88. The Kier molecular flexibility index (Phi) is 4.04. The summed E-state index contributed by atoms with van der Waals surface area (Å²) in [6.45, 7) is 1.32. The number of fused-ring (bicyclic) bond motifs is 1. The van der Waals surface area contributed by atoms with E-state index in [9.17, 15) is 13.2 Å². The highest BCUT2D eigenvalue weighted by molar-refractivity contribution is 7.90. The van der Waals surface area contributed by atoms with Crippen molar-refractivity contribution in [2.45, 2.75) is 18.4 Å². The maximum absolute atomic E-state index is 11.9. The van der Waals surface area contributed by atoms with E-state index in [-0.39, 0.29) is 28.0 Å². The Hall–Kier alpha value is -3.00. The van der Waals surface area contributed by atoms with Crippen LogP contribution in [-0.2, 0) is 16.6 Å². The molecule has 0 aliphatic carbocycles. The molecule has 1 aromatic heterocycles. The quantitative estimate of drug-likeness (QED) is 0.366. The number of hydrogen-bond donors (Lipinski definition) is 0. The van der Waals surface area contributed by atoms with Gasteiger partial charge in [-0.1, -0.05) is 5.11 Å². The molecule has 0 saturated carbocycles. The van der Waals surface area contributed by atoms with Crippen LogP contribution in [0.1, 0.15) is 11.1 Å². The molecule has 0 fully saturated rings. The predicted molar refractivity (Wildman–Crippen MR) is 76.4 cm³/mol. The highest BCUT2D eigenvalue weighted by atomic mass is 32.2. The molecule has 0 aliphatic rings. The van der Waals surface area contributed by atoms with Crippen LogP contribution in [0.3, 0.4) is 0 Å². The summed E-state index contributed by atoms with van der Waals surface area (Å²) in [5.41, 5.74) is 16.8. The van der Waals surface area contributed by atoms with E-state index in [4.69, 9.17) is 15.5 Å². The third kappa shape index (κ3) is 2.86. The van der Waals surface area contributed by atoms with Gasteiger partial charge in [-0.2, -0.15) is 0 Å². The molecular weight excluding hydrogens is 312 g/mol. The Morgan fingerprint density at radius 3 is 2.59 bits per heavy atom. The van der Waals surface area contributed by atoms with Gasteiger partial charge in [-0.15, -0.1) is 0 Å². The van der Waals surface area contributed by atoms with Crippen molar-refractivity contribution < 1.29 is 12.8 Å². The predicted octanol–water partition coefficient (Wildman–Crippen LogP) is 2.91. The van der Waals surface area contributed by atoms with E-state index in [2.05, 4.69) is 19.5 Å². The van der Waals surface area contributed by atoms with Gasteiger partial charge in [-0.05, 0) is 41.2 Å². The number of benzene rings is 1. The molecule has 0 bridgehead atoms. The highest BCUT2D eigenvalue weighted by Crippen LogP contribution is 2.26. The van der Waals surface area contributed by atoms with Crippen LogP contribution in [0.15, 0.2) is 41.9 Å². The van der Waals surface area contributed by atoms with Gasteiger partial charge in [0.25, 0.3) is 10.0 Å². The number of hydrogen-bond acceptors (Lipinski definition) is 5. The summed E-state index contributed by atoms with van der Waals surface area (Å²) in [6.07, 6.45) is 0. The minimum absolute atomic E-state index is 0.146. The monoisotopic (exact) mass is 320 g/mol. The molecule has 0 spiro atoms. The van der Waals surface area contributed by atoms with E-state index in [0.29, 0.717) is 5.56 Å². The lowest BCUT2D eigenvalue weighted by Crippen LogP contribution is -2.03. The van der Waals surface area contributed by atoms with Gasteiger partial charge in [0, 0.05) is 25.8 Å². The van der Waals surface area contributed by atoms with Crippen LogP contribution in [0.25, 0.3) is 31.9 Å². The Labute approximate surface area is 123 Å². The van der Waals surface area contributed by atoms with Gasteiger partial charge >= 0.3 is 5.63 Å². The average molecular weight is 320 g/mol. The maximum Gasteiger partial charge on any atom is 0.336 e. The molecule has 2 rings (SSSR count). The van der Waals surface area contributed by atoms with Crippen LogP contribution in [0.5, 0.6) is 0 Å². The van der Waals surface area contributed by atoms with E-state index in [1.165, 1.54) is 19.1 Å². The van der Waals surface area contributed by atoms with Gasteiger partial charge in [0.2, 0.25) is 0 Å². The minimum Gasteiger partial charge on any atom is -0.423 e. The van der Waals surface area contributed by atoms with Crippen molar-refractivity contribution in [1.82, 2.24) is 0 Å². The summed E-state index contributed by atoms with van der Waals surface area (Å²) in [5, 5.41) is 3.63. The summed E-state index contributed by atoms with van der Waals surface area (Å²) >= 11 is 0. The van der Waals surface area contributed by atoms with Crippen LogP contribution in [0.4, 0.5) is 0 Å². The standard InChI is InChI=1S/C11H8N6O4S/c1-6-2-9-8(4-10(6)22(19,20)17-16-13)7(5-14-15-12)3-11(18)21-9/h2-4H,5H2,1H3. The Balaban J connectivity index is 2.86. The van der Waals surface area contributed by atoms with E-state index >= 15 is 0 Å². The van der Waals surface area contributed by atoms with Crippen LogP contribution >= 0.6 is 0 Å². The lowest BCUT2D eigenvalue weighted by molar-refractivity contribution is 0.558. The molecule has 0 saturated heterocycles. The molecule has 0 atom stereocenters. The molecule has 0 radical (unpaired) electrons. The van der Waals surface area contributed by atoms with E-state index < -0.39 is 15.6 Å². The number of aryl methyl sites for hydroxylation is 1. The molecule has 0 aliphatic heterocycles. The first kappa shape index (κ1) is 15.4. The Bertz CT molecular complexity index is 1010. The SMILES string of the molecule is Cc1cc2oc(=O)cc(CN=[N+]=[N-])c2cc1S(=O)(=O)N=[N+]=[N-]. The van der Waals surface area contributed by atoms with Crippen LogP contribution < -0.4 is 5.63 Å². The minimum atomic E-state index is -4.19. The number of nitrogens with zero attached hydrogens (tertiary/aromatic N) is 6. The van der Waals surface area contributed by atoms with Crippen molar-refractivity contribution in [3.05, 3.63) is 60.6 Å². The second kappa shape index (κ2) is 5.78. The fourth-order valence-electron chi connectivity index (χ4n) is 1.96. The number of sulfonamides is 1. The van der Waals surface area contributed by atoms with Gasteiger partial charge in [0.1, 0.15) is 5.58 Å². The summed E-state index contributed by atoms with van der Waals surface area (Å²) in [5.74, 6) is 0. The summed E-state index contributed by atoms with van der Waals surface area (Å²) in [4.78, 5) is 16.1. The molecule has 0 amide bonds. The Morgan fingerprint density at radius 2 is 1.95 bits per heavy atom. The van der Waals surface area contributed by atoms with Crippen LogP contribution in [0.2, 0.25) is 0 Å². The van der Waals surface area contributed by atoms with E-state index in [1.54, 1.807) is 0 Å². The van der Waals surface area contributed by atoms with E-state index in [1.807, 2.05) is 0 Å². The van der Waals surface area contributed by atoms with Crippen molar-refractivity contribution in [2.24, 2.45) is 9.63 Å². The first-order valence-corrected chi connectivity index (χ1v) is 7.22. The molecule has 11 heteroatoms. The van der Waals surface area contributed by atoms with Gasteiger partial charge in [0.15, 0.2) is 0 Å². The molecule has 0 N–H and O–H groups in total. The normalized spacial score (nSPS) is 10.8. The molecular formula is C11H8N6O4S. The zero-order valence-electron chi connectivity index (χ0n) is 11.2. The number of rotatable bonds is 4. The van der Waals surface area contributed by atoms with Crippen LogP contribution in [0, 0.1) is 6.92 Å². The fraction of sp³-hybridized carbons (Fsp3) is 0.182. The molecule has 1 aromatic carbocycles. The largest absolute Gasteiger partial charge is 0.423 e. The molecule has 0 unspecified atom stereocenters. The summed E-state index contributed by atoms with van der Waals surface area (Å²) in [7, 11) is -4.19. The molecule has 112 valence electrons. The lowest BCUT2D eigenvalue weighted by Gasteiger charge is -2.07. The van der Waals surface area contributed by atoms with Crippen molar-refractivity contribution >= 4 is 21.0 Å². The van der Waals surface area contributed by atoms with E-state index in [0.717, 1.165) is 6.07 Å². The van der Waals surface area contributed by atoms with Gasteiger partial charge in [0.05, 0.1) is 11.4 Å². The second-order valence-corrected chi connectivity index (χ2v) is 5.79. The van der Waals surface area contributed by atoms with Gasteiger partial charge < -0.3 is 4.42 Å².